The molecule has 2 aromatic heterocycles. The van der Waals surface area contributed by atoms with Gasteiger partial charge in [-0.2, -0.15) is 5.10 Å². The number of aromatic nitrogens is 4. The van der Waals surface area contributed by atoms with Crippen molar-refractivity contribution in [2.75, 3.05) is 25.5 Å². The number of likely N-dealkylation sites (tertiary alicyclic amines) is 1. The van der Waals surface area contributed by atoms with Gasteiger partial charge >= 0.3 is 0 Å². The third kappa shape index (κ3) is 4.95. The normalized spacial score (nSPS) is 16.6. The zero-order chi connectivity index (χ0) is 27.9. The van der Waals surface area contributed by atoms with E-state index in [4.69, 9.17) is 4.74 Å². The zero-order valence-electron chi connectivity index (χ0n) is 22.1. The third-order valence-corrected chi connectivity index (χ3v) is 7.65. The maximum Gasteiger partial charge on any atom is 0.264 e. The van der Waals surface area contributed by atoms with E-state index in [9.17, 15) is 19.5 Å². The number of fused-ring (bicyclic) bond motifs is 1. The zero-order valence-corrected chi connectivity index (χ0v) is 22.1. The van der Waals surface area contributed by atoms with Crippen molar-refractivity contribution in [1.82, 2.24) is 24.2 Å². The molecule has 1 aliphatic heterocycles. The lowest BCUT2D eigenvalue weighted by Gasteiger charge is -2.38. The van der Waals surface area contributed by atoms with E-state index in [0.29, 0.717) is 59.7 Å². The Kier molecular flexibility index (Phi) is 6.59. The van der Waals surface area contributed by atoms with Crippen LogP contribution in [0, 0.1) is 5.92 Å². The van der Waals surface area contributed by atoms with Gasteiger partial charge in [0.15, 0.2) is 5.65 Å². The van der Waals surface area contributed by atoms with Crippen LogP contribution in [0.2, 0.25) is 0 Å². The summed E-state index contributed by atoms with van der Waals surface area (Å²) in [6.07, 6.45) is 5.61. The molecule has 2 fully saturated rings. The first-order valence-electron chi connectivity index (χ1n) is 13.3. The minimum atomic E-state index is -1.09. The summed E-state index contributed by atoms with van der Waals surface area (Å²) >= 11 is 0. The minimum Gasteiger partial charge on any atom is -0.496 e. The number of anilines is 1. The molecule has 11 heteroatoms. The summed E-state index contributed by atoms with van der Waals surface area (Å²) in [5.41, 5.74) is 0.531. The van der Waals surface area contributed by atoms with E-state index in [1.165, 1.54) is 28.9 Å². The van der Waals surface area contributed by atoms with Crippen LogP contribution in [-0.2, 0) is 11.3 Å². The summed E-state index contributed by atoms with van der Waals surface area (Å²) in [5.74, 6) is 0.484. The van der Waals surface area contributed by atoms with E-state index in [-0.39, 0.29) is 29.8 Å². The molecular formula is C29H30N6O5. The highest BCUT2D eigenvalue weighted by Gasteiger charge is 2.39. The molecule has 1 saturated carbocycles. The van der Waals surface area contributed by atoms with Crippen molar-refractivity contribution in [3.8, 4) is 11.4 Å². The largest absolute Gasteiger partial charge is 0.496 e. The summed E-state index contributed by atoms with van der Waals surface area (Å²) in [5, 5.41) is 18.8. The number of amides is 2. The van der Waals surface area contributed by atoms with Crippen LogP contribution >= 0.6 is 0 Å². The topological polar surface area (TPSA) is 132 Å². The summed E-state index contributed by atoms with van der Waals surface area (Å²) in [6, 6.07) is 14.0. The Labute approximate surface area is 230 Å². The highest BCUT2D eigenvalue weighted by Crippen LogP contribution is 2.33. The summed E-state index contributed by atoms with van der Waals surface area (Å²) < 4.78 is 8.24. The average molecular weight is 543 g/mol. The van der Waals surface area contributed by atoms with Crippen molar-refractivity contribution in [2.24, 2.45) is 5.92 Å². The van der Waals surface area contributed by atoms with Gasteiger partial charge in [-0.15, -0.1) is 0 Å². The molecule has 0 spiro atoms. The quantitative estimate of drug-likeness (QED) is 0.367. The van der Waals surface area contributed by atoms with Crippen molar-refractivity contribution < 1.29 is 19.4 Å². The molecule has 2 aromatic carbocycles. The fraction of sp³-hybridized carbons (Fsp3) is 0.345. The molecular weight excluding hydrogens is 512 g/mol. The number of ether oxygens (including phenoxy) is 1. The molecule has 0 unspecified atom stereocenters. The number of aliphatic hydroxyl groups is 1. The maximum absolute atomic E-state index is 13.3. The third-order valence-electron chi connectivity index (χ3n) is 7.65. The maximum atomic E-state index is 13.3. The molecule has 0 radical (unpaired) electrons. The Hall–Kier alpha value is -4.51. The SMILES string of the molecule is COc1ccccc1C(=O)Nc1cccc(-n2ncc3c(=O)n(CC4(O)CCN(C(=O)C5CC5)CC4)cnc32)c1. The first-order chi connectivity index (χ1) is 19.3. The number of carbonyl (C=O) groups excluding carboxylic acids is 2. The van der Waals surface area contributed by atoms with Gasteiger partial charge < -0.3 is 20.1 Å². The molecule has 1 saturated heterocycles. The number of carbonyl (C=O) groups is 2. The van der Waals surface area contributed by atoms with Gasteiger partial charge in [-0.3, -0.25) is 19.0 Å². The van der Waals surface area contributed by atoms with E-state index in [1.54, 1.807) is 48.5 Å². The number of nitrogens with zero attached hydrogens (tertiary/aromatic N) is 5. The summed E-state index contributed by atoms with van der Waals surface area (Å²) in [7, 11) is 1.51. The number of piperidine rings is 1. The van der Waals surface area contributed by atoms with E-state index in [1.807, 2.05) is 4.90 Å². The molecule has 6 rings (SSSR count). The molecule has 2 N–H and O–H groups in total. The van der Waals surface area contributed by atoms with Gasteiger partial charge in [0, 0.05) is 24.7 Å². The highest BCUT2D eigenvalue weighted by atomic mass is 16.5. The number of hydrogen-bond donors (Lipinski definition) is 2. The Balaban J connectivity index is 1.20. The van der Waals surface area contributed by atoms with Gasteiger partial charge in [-0.25, -0.2) is 9.67 Å². The van der Waals surface area contributed by atoms with Gasteiger partial charge in [0.2, 0.25) is 5.91 Å². The molecule has 2 amide bonds. The second-order valence-electron chi connectivity index (χ2n) is 10.5. The van der Waals surface area contributed by atoms with Crippen LogP contribution in [0.1, 0.15) is 36.0 Å². The second-order valence-corrected chi connectivity index (χ2v) is 10.5. The molecule has 3 heterocycles. The van der Waals surface area contributed by atoms with Gasteiger partial charge in [-0.05, 0) is 56.0 Å². The van der Waals surface area contributed by atoms with Crippen LogP contribution < -0.4 is 15.6 Å². The Morgan fingerprint density at radius 1 is 1.12 bits per heavy atom. The monoisotopic (exact) mass is 542 g/mol. The lowest BCUT2D eigenvalue weighted by molar-refractivity contribution is -0.137. The molecule has 2 aliphatic rings. The fourth-order valence-electron chi connectivity index (χ4n) is 5.20. The summed E-state index contributed by atoms with van der Waals surface area (Å²) in [4.78, 5) is 44.8. The standard InChI is InChI=1S/C29H30N6O5/c1-40-24-8-3-2-7-22(24)26(36)32-20-5-4-6-21(15-20)35-25-23(16-31-35)28(38)34(18-30-25)17-29(39)11-13-33(14-12-29)27(37)19-9-10-19/h2-8,15-16,18-19,39H,9-14,17H2,1H3,(H,32,36). The van der Waals surface area contributed by atoms with E-state index in [0.717, 1.165) is 12.8 Å². The van der Waals surface area contributed by atoms with Gasteiger partial charge in [0.1, 0.15) is 17.5 Å². The predicted octanol–water partition coefficient (Wildman–Crippen LogP) is 2.61. The van der Waals surface area contributed by atoms with Crippen molar-refractivity contribution in [3.63, 3.8) is 0 Å². The molecule has 1 aliphatic carbocycles. The van der Waals surface area contributed by atoms with Crippen LogP contribution in [0.5, 0.6) is 5.75 Å². The lowest BCUT2D eigenvalue weighted by atomic mass is 9.91. The van der Waals surface area contributed by atoms with Crippen LogP contribution in [0.3, 0.4) is 0 Å². The fourth-order valence-corrected chi connectivity index (χ4v) is 5.20. The number of nitrogens with one attached hydrogen (secondary N) is 1. The molecule has 0 atom stereocenters. The molecule has 11 nitrogen and oxygen atoms in total. The number of methoxy groups -OCH3 is 1. The number of para-hydroxylation sites is 1. The van der Waals surface area contributed by atoms with Crippen molar-refractivity contribution in [3.05, 3.63) is 77.0 Å². The Morgan fingerprint density at radius 2 is 1.90 bits per heavy atom. The number of hydrogen-bond acceptors (Lipinski definition) is 7. The van der Waals surface area contributed by atoms with Gasteiger partial charge in [0.05, 0.1) is 36.7 Å². The molecule has 0 bridgehead atoms. The van der Waals surface area contributed by atoms with Crippen LogP contribution in [0.15, 0.2) is 65.8 Å². The highest BCUT2D eigenvalue weighted by molar-refractivity contribution is 6.06. The van der Waals surface area contributed by atoms with Crippen LogP contribution in [0.25, 0.3) is 16.7 Å². The Morgan fingerprint density at radius 3 is 2.65 bits per heavy atom. The lowest BCUT2D eigenvalue weighted by Crippen LogP contribution is -2.50. The van der Waals surface area contributed by atoms with E-state index in [2.05, 4.69) is 15.4 Å². The second kappa shape index (κ2) is 10.2. The van der Waals surface area contributed by atoms with Crippen molar-refractivity contribution >= 4 is 28.5 Å². The molecule has 40 heavy (non-hydrogen) atoms. The first kappa shape index (κ1) is 25.8. The van der Waals surface area contributed by atoms with E-state index >= 15 is 0 Å². The first-order valence-corrected chi connectivity index (χ1v) is 13.3. The number of benzene rings is 2. The number of rotatable bonds is 7. The van der Waals surface area contributed by atoms with E-state index < -0.39 is 5.60 Å². The van der Waals surface area contributed by atoms with Gasteiger partial charge in [-0.1, -0.05) is 18.2 Å². The van der Waals surface area contributed by atoms with Crippen molar-refractivity contribution in [1.29, 1.82) is 0 Å². The molecule has 4 aromatic rings. The minimum absolute atomic E-state index is 0.0931. The van der Waals surface area contributed by atoms with Crippen LogP contribution in [0.4, 0.5) is 5.69 Å². The van der Waals surface area contributed by atoms with Crippen LogP contribution in [-0.4, -0.2) is 67.0 Å². The summed E-state index contributed by atoms with van der Waals surface area (Å²) in [6.45, 7) is 1.06. The van der Waals surface area contributed by atoms with Crippen molar-refractivity contribution in [2.45, 2.75) is 37.8 Å². The predicted molar refractivity (Wildman–Crippen MR) is 148 cm³/mol. The average Bonchev–Trinajstić information content (AvgIpc) is 3.73. The Bertz CT molecular complexity index is 1650. The van der Waals surface area contributed by atoms with Gasteiger partial charge in [0.25, 0.3) is 11.5 Å². The smallest absolute Gasteiger partial charge is 0.264 e. The molecule has 206 valence electrons.